The third kappa shape index (κ3) is 2.38. The third-order valence-electron chi connectivity index (χ3n) is 2.69. The van der Waals surface area contributed by atoms with Crippen LogP contribution in [0.25, 0.3) is 0 Å². The van der Waals surface area contributed by atoms with Crippen LogP contribution in [0.4, 0.5) is 5.13 Å². The number of thiazole rings is 1. The van der Waals surface area contributed by atoms with Gasteiger partial charge in [0, 0.05) is 18.5 Å². The van der Waals surface area contributed by atoms with Crippen LogP contribution >= 0.6 is 22.9 Å². The average molecular weight is 233 g/mol. The lowest BCUT2D eigenvalue weighted by atomic mass is 10.0. The molecule has 14 heavy (non-hydrogen) atoms. The Morgan fingerprint density at radius 1 is 1.64 bits per heavy atom. The molecule has 2 N–H and O–H groups in total. The summed E-state index contributed by atoms with van der Waals surface area (Å²) in [5, 5.41) is 15.4. The summed E-state index contributed by atoms with van der Waals surface area (Å²) in [5.74, 6) is 0. The van der Waals surface area contributed by atoms with Crippen molar-refractivity contribution in [3.63, 3.8) is 0 Å². The van der Waals surface area contributed by atoms with E-state index >= 15 is 0 Å². The highest BCUT2D eigenvalue weighted by Crippen LogP contribution is 2.48. The maximum atomic E-state index is 8.88. The Morgan fingerprint density at radius 3 is 2.93 bits per heavy atom. The Morgan fingerprint density at radius 2 is 2.43 bits per heavy atom. The SMILES string of the molecule is OCCC1(CNc2nc(Cl)cs2)CC1. The van der Waals surface area contributed by atoms with Crippen molar-refractivity contribution < 1.29 is 5.11 Å². The number of rotatable bonds is 5. The number of aliphatic hydroxyl groups excluding tert-OH is 1. The average Bonchev–Trinajstić information content (AvgIpc) is 2.80. The van der Waals surface area contributed by atoms with E-state index in [4.69, 9.17) is 16.7 Å². The van der Waals surface area contributed by atoms with E-state index in [1.165, 1.54) is 24.2 Å². The second-order valence-corrected chi connectivity index (χ2v) is 5.05. The fourth-order valence-electron chi connectivity index (χ4n) is 1.53. The first kappa shape index (κ1) is 10.2. The van der Waals surface area contributed by atoms with Crippen molar-refractivity contribution in [2.75, 3.05) is 18.5 Å². The molecule has 1 aliphatic carbocycles. The lowest BCUT2D eigenvalue weighted by Gasteiger charge is -2.13. The minimum Gasteiger partial charge on any atom is -0.396 e. The summed E-state index contributed by atoms with van der Waals surface area (Å²) in [6.07, 6.45) is 3.30. The van der Waals surface area contributed by atoms with Crippen LogP contribution in [0, 0.1) is 5.41 Å². The Kier molecular flexibility index (Phi) is 2.95. The van der Waals surface area contributed by atoms with Gasteiger partial charge in [-0.1, -0.05) is 11.6 Å². The third-order valence-corrected chi connectivity index (χ3v) is 3.81. The number of aromatic nitrogens is 1. The summed E-state index contributed by atoms with van der Waals surface area (Å²) in [6, 6.07) is 0. The molecule has 1 aliphatic rings. The summed E-state index contributed by atoms with van der Waals surface area (Å²) < 4.78 is 0. The molecule has 5 heteroatoms. The van der Waals surface area contributed by atoms with Gasteiger partial charge in [0.25, 0.3) is 0 Å². The van der Waals surface area contributed by atoms with Crippen LogP contribution in [0.2, 0.25) is 5.15 Å². The Hall–Kier alpha value is -0.320. The number of nitrogens with one attached hydrogen (secondary N) is 1. The zero-order chi connectivity index (χ0) is 10.0. The molecular formula is C9H13ClN2OS. The molecular weight excluding hydrogens is 220 g/mol. The molecule has 1 heterocycles. The molecule has 1 aromatic rings. The van der Waals surface area contributed by atoms with Gasteiger partial charge in [-0.05, 0) is 24.7 Å². The minimum absolute atomic E-state index is 0.278. The minimum atomic E-state index is 0.278. The highest BCUT2D eigenvalue weighted by atomic mass is 35.5. The van der Waals surface area contributed by atoms with E-state index in [-0.39, 0.29) is 6.61 Å². The number of aliphatic hydroxyl groups is 1. The van der Waals surface area contributed by atoms with Crippen LogP contribution in [0.15, 0.2) is 5.38 Å². The highest BCUT2D eigenvalue weighted by Gasteiger charge is 2.41. The molecule has 0 amide bonds. The van der Waals surface area contributed by atoms with Gasteiger partial charge in [-0.2, -0.15) is 0 Å². The van der Waals surface area contributed by atoms with Crippen molar-refractivity contribution in [1.82, 2.24) is 4.98 Å². The van der Waals surface area contributed by atoms with Crippen molar-refractivity contribution in [1.29, 1.82) is 0 Å². The Balaban J connectivity index is 1.82. The summed E-state index contributed by atoms with van der Waals surface area (Å²) in [7, 11) is 0. The number of nitrogens with zero attached hydrogens (tertiary/aromatic N) is 1. The molecule has 0 spiro atoms. The number of anilines is 1. The van der Waals surface area contributed by atoms with E-state index in [0.29, 0.717) is 10.6 Å². The number of halogens is 1. The zero-order valence-electron chi connectivity index (χ0n) is 7.79. The molecule has 2 rings (SSSR count). The van der Waals surface area contributed by atoms with Crippen LogP contribution < -0.4 is 5.32 Å². The molecule has 0 radical (unpaired) electrons. The lowest BCUT2D eigenvalue weighted by Crippen LogP contribution is -2.16. The fraction of sp³-hybridized carbons (Fsp3) is 0.667. The molecule has 0 unspecified atom stereocenters. The highest BCUT2D eigenvalue weighted by molar-refractivity contribution is 7.14. The second-order valence-electron chi connectivity index (χ2n) is 3.80. The first-order chi connectivity index (χ1) is 6.74. The van der Waals surface area contributed by atoms with Gasteiger partial charge in [0.1, 0.15) is 5.15 Å². The van der Waals surface area contributed by atoms with Gasteiger partial charge < -0.3 is 10.4 Å². The van der Waals surface area contributed by atoms with Crippen LogP contribution in [0.5, 0.6) is 0 Å². The smallest absolute Gasteiger partial charge is 0.184 e. The molecule has 0 bridgehead atoms. The Bertz CT molecular complexity index is 312. The largest absolute Gasteiger partial charge is 0.396 e. The Labute approximate surface area is 92.1 Å². The predicted molar refractivity (Wildman–Crippen MR) is 59.0 cm³/mol. The van der Waals surface area contributed by atoms with Crippen molar-refractivity contribution >= 4 is 28.1 Å². The van der Waals surface area contributed by atoms with Crippen molar-refractivity contribution in [3.8, 4) is 0 Å². The van der Waals surface area contributed by atoms with Gasteiger partial charge in [0.05, 0.1) is 0 Å². The molecule has 0 atom stereocenters. The normalized spacial score (nSPS) is 18.1. The maximum Gasteiger partial charge on any atom is 0.184 e. The first-order valence-electron chi connectivity index (χ1n) is 4.70. The van der Waals surface area contributed by atoms with Crippen LogP contribution in [0.1, 0.15) is 19.3 Å². The summed E-state index contributed by atoms with van der Waals surface area (Å²) >= 11 is 7.23. The van der Waals surface area contributed by atoms with E-state index < -0.39 is 0 Å². The quantitative estimate of drug-likeness (QED) is 0.820. The zero-order valence-corrected chi connectivity index (χ0v) is 9.37. The lowest BCUT2D eigenvalue weighted by molar-refractivity contribution is 0.253. The predicted octanol–water partition coefficient (Wildman–Crippen LogP) is 2.37. The van der Waals surface area contributed by atoms with Crippen LogP contribution in [-0.4, -0.2) is 23.2 Å². The molecule has 0 aromatic carbocycles. The van der Waals surface area contributed by atoms with Crippen LogP contribution in [0.3, 0.4) is 0 Å². The van der Waals surface area contributed by atoms with E-state index in [1.807, 2.05) is 5.38 Å². The van der Waals surface area contributed by atoms with Gasteiger partial charge in [-0.3, -0.25) is 0 Å². The second kappa shape index (κ2) is 4.04. The van der Waals surface area contributed by atoms with Crippen molar-refractivity contribution in [2.24, 2.45) is 5.41 Å². The van der Waals surface area contributed by atoms with E-state index in [1.54, 1.807) is 0 Å². The standard InChI is InChI=1S/C9H13ClN2OS/c10-7-5-14-8(12-7)11-6-9(1-2-9)3-4-13/h5,13H,1-4,6H2,(H,11,12). The van der Waals surface area contributed by atoms with Gasteiger partial charge in [-0.15, -0.1) is 11.3 Å². The van der Waals surface area contributed by atoms with E-state index in [0.717, 1.165) is 18.1 Å². The summed E-state index contributed by atoms with van der Waals surface area (Å²) in [4.78, 5) is 4.11. The molecule has 1 saturated carbocycles. The fourth-order valence-corrected chi connectivity index (χ4v) is 2.36. The molecule has 1 aromatic heterocycles. The van der Waals surface area contributed by atoms with Gasteiger partial charge in [0.15, 0.2) is 5.13 Å². The number of hydrogen-bond acceptors (Lipinski definition) is 4. The first-order valence-corrected chi connectivity index (χ1v) is 5.96. The summed E-state index contributed by atoms with van der Waals surface area (Å²) in [6.45, 7) is 1.18. The summed E-state index contributed by atoms with van der Waals surface area (Å²) in [5.41, 5.74) is 0.326. The molecule has 78 valence electrons. The topological polar surface area (TPSA) is 45.1 Å². The maximum absolute atomic E-state index is 8.88. The van der Waals surface area contributed by atoms with Crippen LogP contribution in [-0.2, 0) is 0 Å². The van der Waals surface area contributed by atoms with E-state index in [9.17, 15) is 0 Å². The number of hydrogen-bond donors (Lipinski definition) is 2. The van der Waals surface area contributed by atoms with Crippen molar-refractivity contribution in [2.45, 2.75) is 19.3 Å². The van der Waals surface area contributed by atoms with Gasteiger partial charge in [0.2, 0.25) is 0 Å². The molecule has 1 fully saturated rings. The molecule has 0 saturated heterocycles. The molecule has 0 aliphatic heterocycles. The van der Waals surface area contributed by atoms with Crippen molar-refractivity contribution in [3.05, 3.63) is 10.5 Å². The monoisotopic (exact) mass is 232 g/mol. The van der Waals surface area contributed by atoms with E-state index in [2.05, 4.69) is 10.3 Å². The van der Waals surface area contributed by atoms with Gasteiger partial charge in [-0.25, -0.2) is 4.98 Å². The molecule has 3 nitrogen and oxygen atoms in total. The van der Waals surface area contributed by atoms with Gasteiger partial charge >= 0.3 is 0 Å².